The Bertz CT molecular complexity index is 1100. The van der Waals surface area contributed by atoms with Crippen LogP contribution in [-0.4, -0.2) is 14.5 Å². The Morgan fingerprint density at radius 1 is 0.692 bits per heavy atom. The smallest absolute Gasteiger partial charge is 0.258 e. The molecular weight excluding hydrogens is 336 g/mol. The number of nitro benzene ring substituents is 2. The number of aromatic nitrogens is 1. The number of fused-ring (bicyclic) bond motifs is 3. The predicted octanol–water partition coefficient (Wildman–Crippen LogP) is 4.31. The van der Waals surface area contributed by atoms with Gasteiger partial charge in [-0.1, -0.05) is 36.4 Å². The normalized spacial score (nSPS) is 10.9. The zero-order valence-electron chi connectivity index (χ0n) is 13.3. The molecule has 0 aliphatic carbocycles. The van der Waals surface area contributed by atoms with E-state index in [1.165, 1.54) is 22.9 Å². The summed E-state index contributed by atoms with van der Waals surface area (Å²) in [5.41, 5.74) is 4.64. The van der Waals surface area contributed by atoms with Crippen LogP contribution in [-0.2, 0) is 0 Å². The summed E-state index contributed by atoms with van der Waals surface area (Å²) in [6.45, 7) is 0. The van der Waals surface area contributed by atoms with Gasteiger partial charge in [0.2, 0.25) is 5.69 Å². The molecular formula is C18H11N4O4. The molecule has 0 N–H and O–H groups in total. The molecule has 1 radical (unpaired) electrons. The van der Waals surface area contributed by atoms with E-state index in [1.807, 2.05) is 48.5 Å². The average molecular weight is 347 g/mol. The van der Waals surface area contributed by atoms with Gasteiger partial charge in [0.1, 0.15) is 0 Å². The van der Waals surface area contributed by atoms with E-state index in [0.29, 0.717) is 11.0 Å². The highest BCUT2D eigenvalue weighted by Crippen LogP contribution is 2.36. The van der Waals surface area contributed by atoms with Crippen molar-refractivity contribution in [2.24, 2.45) is 0 Å². The van der Waals surface area contributed by atoms with Crippen molar-refractivity contribution in [1.29, 1.82) is 0 Å². The number of benzene rings is 3. The summed E-state index contributed by atoms with van der Waals surface area (Å²) in [4.78, 5) is 21.4. The van der Waals surface area contributed by atoms with Crippen LogP contribution in [0, 0.1) is 20.2 Å². The maximum Gasteiger partial charge on any atom is 0.303 e. The molecule has 0 atom stereocenters. The van der Waals surface area contributed by atoms with E-state index in [-0.39, 0.29) is 5.69 Å². The first-order chi connectivity index (χ1) is 12.6. The van der Waals surface area contributed by atoms with Crippen LogP contribution in [0.3, 0.4) is 0 Å². The van der Waals surface area contributed by atoms with Crippen molar-refractivity contribution >= 4 is 38.9 Å². The number of hydrogen-bond acceptors (Lipinski definition) is 4. The van der Waals surface area contributed by atoms with E-state index in [4.69, 9.17) is 0 Å². The zero-order chi connectivity index (χ0) is 18.3. The fraction of sp³-hybridized carbons (Fsp3) is 0. The molecule has 3 aromatic carbocycles. The molecule has 0 fully saturated rings. The summed E-state index contributed by atoms with van der Waals surface area (Å²) >= 11 is 0. The second-order valence-electron chi connectivity index (χ2n) is 5.61. The molecule has 8 heteroatoms. The van der Waals surface area contributed by atoms with Gasteiger partial charge in [-0.05, 0) is 18.2 Å². The lowest BCUT2D eigenvalue weighted by atomic mass is 10.2. The highest BCUT2D eigenvalue weighted by atomic mass is 16.6. The predicted molar refractivity (Wildman–Crippen MR) is 96.4 cm³/mol. The first kappa shape index (κ1) is 15.6. The monoisotopic (exact) mass is 347 g/mol. The van der Waals surface area contributed by atoms with E-state index in [9.17, 15) is 20.2 Å². The second kappa shape index (κ2) is 5.85. The van der Waals surface area contributed by atoms with Crippen molar-refractivity contribution in [2.75, 3.05) is 0 Å². The molecule has 0 spiro atoms. The van der Waals surface area contributed by atoms with Crippen LogP contribution in [0.5, 0.6) is 0 Å². The molecule has 127 valence electrons. The van der Waals surface area contributed by atoms with Crippen molar-refractivity contribution in [3.8, 4) is 0 Å². The van der Waals surface area contributed by atoms with E-state index < -0.39 is 21.2 Å². The fourth-order valence-electron chi connectivity index (χ4n) is 3.03. The molecule has 4 rings (SSSR count). The van der Waals surface area contributed by atoms with Gasteiger partial charge in [0.15, 0.2) is 0 Å². The molecule has 0 aliphatic rings. The van der Waals surface area contributed by atoms with Crippen molar-refractivity contribution < 1.29 is 9.85 Å². The van der Waals surface area contributed by atoms with Gasteiger partial charge in [-0.2, -0.15) is 5.43 Å². The van der Waals surface area contributed by atoms with Gasteiger partial charge in [-0.25, -0.2) is 4.68 Å². The molecule has 0 bridgehead atoms. The van der Waals surface area contributed by atoms with Gasteiger partial charge in [-0.15, -0.1) is 0 Å². The summed E-state index contributed by atoms with van der Waals surface area (Å²) < 4.78 is 1.51. The van der Waals surface area contributed by atoms with Crippen LogP contribution in [0.1, 0.15) is 0 Å². The van der Waals surface area contributed by atoms with Gasteiger partial charge >= 0.3 is 11.4 Å². The molecule has 26 heavy (non-hydrogen) atoms. The van der Waals surface area contributed by atoms with Crippen molar-refractivity contribution in [1.82, 2.24) is 10.1 Å². The van der Waals surface area contributed by atoms with Crippen molar-refractivity contribution in [3.63, 3.8) is 0 Å². The van der Waals surface area contributed by atoms with Gasteiger partial charge in [0, 0.05) is 22.9 Å². The minimum atomic E-state index is -0.667. The minimum absolute atomic E-state index is 0.283. The Hall–Kier alpha value is -3.94. The Morgan fingerprint density at radius 3 is 1.62 bits per heavy atom. The lowest BCUT2D eigenvalue weighted by Gasteiger charge is -2.08. The van der Waals surface area contributed by atoms with Crippen LogP contribution < -0.4 is 5.43 Å². The van der Waals surface area contributed by atoms with Crippen molar-refractivity contribution in [2.45, 2.75) is 0 Å². The second-order valence-corrected chi connectivity index (χ2v) is 5.61. The minimum Gasteiger partial charge on any atom is -0.258 e. The highest BCUT2D eigenvalue weighted by molar-refractivity contribution is 6.08. The number of rotatable bonds is 4. The molecule has 0 amide bonds. The van der Waals surface area contributed by atoms with Crippen LogP contribution in [0.25, 0.3) is 21.8 Å². The lowest BCUT2D eigenvalue weighted by Crippen LogP contribution is -2.11. The van der Waals surface area contributed by atoms with E-state index in [1.54, 1.807) is 0 Å². The summed E-state index contributed by atoms with van der Waals surface area (Å²) in [5.74, 6) is 0. The number of para-hydroxylation sites is 2. The summed E-state index contributed by atoms with van der Waals surface area (Å²) in [6, 6.07) is 18.6. The molecule has 0 saturated carbocycles. The van der Waals surface area contributed by atoms with E-state index >= 15 is 0 Å². The number of nitrogens with zero attached hydrogens (tertiary/aromatic N) is 4. The van der Waals surface area contributed by atoms with Crippen LogP contribution in [0.4, 0.5) is 17.1 Å². The van der Waals surface area contributed by atoms with Gasteiger partial charge in [0.05, 0.1) is 20.9 Å². The standard InChI is InChI=1S/C18H11N4O4/c23-21(24)16-10-5-11-17(22(25)26)18(16)19-20-14-8-3-1-6-12(14)13-7-2-4-9-15(13)20/h1-11H. The molecule has 0 saturated heterocycles. The topological polar surface area (TPSA) is 105 Å². The van der Waals surface area contributed by atoms with Crippen LogP contribution in [0.2, 0.25) is 0 Å². The Labute approximate surface area is 146 Å². The third kappa shape index (κ3) is 2.32. The Kier molecular flexibility index (Phi) is 3.51. The van der Waals surface area contributed by atoms with Gasteiger partial charge in [-0.3, -0.25) is 20.2 Å². The van der Waals surface area contributed by atoms with Gasteiger partial charge in [0.25, 0.3) is 0 Å². The maximum atomic E-state index is 11.4. The average Bonchev–Trinajstić information content (AvgIpc) is 2.96. The molecule has 0 aliphatic heterocycles. The molecule has 1 aromatic heterocycles. The fourth-order valence-corrected chi connectivity index (χ4v) is 3.03. The first-order valence-electron chi connectivity index (χ1n) is 7.70. The SMILES string of the molecule is O=[N+]([O-])c1cccc([N+](=O)[O-])c1[N]n1c2ccccc2c2ccccc21. The third-order valence-corrected chi connectivity index (χ3v) is 4.14. The lowest BCUT2D eigenvalue weighted by molar-refractivity contribution is -0.393. The summed E-state index contributed by atoms with van der Waals surface area (Å²) in [7, 11) is 0. The third-order valence-electron chi connectivity index (χ3n) is 4.14. The Morgan fingerprint density at radius 2 is 1.15 bits per heavy atom. The molecule has 8 nitrogen and oxygen atoms in total. The van der Waals surface area contributed by atoms with Crippen LogP contribution in [0.15, 0.2) is 66.7 Å². The maximum absolute atomic E-state index is 11.4. The van der Waals surface area contributed by atoms with Gasteiger partial charge < -0.3 is 0 Å². The quantitative estimate of drug-likeness (QED) is 0.405. The summed E-state index contributed by atoms with van der Waals surface area (Å²) in [6.07, 6.45) is 0. The van der Waals surface area contributed by atoms with Crippen molar-refractivity contribution in [3.05, 3.63) is 87.0 Å². The molecule has 0 unspecified atom stereocenters. The zero-order valence-corrected chi connectivity index (χ0v) is 13.3. The first-order valence-corrected chi connectivity index (χ1v) is 7.70. The molecule has 1 heterocycles. The Balaban J connectivity index is 2.02. The summed E-state index contributed by atoms with van der Waals surface area (Å²) in [5, 5.41) is 24.6. The largest absolute Gasteiger partial charge is 0.303 e. The number of hydrogen-bond donors (Lipinski definition) is 0. The van der Waals surface area contributed by atoms with E-state index in [0.717, 1.165) is 10.8 Å². The molecule has 4 aromatic rings. The number of nitro groups is 2. The van der Waals surface area contributed by atoms with E-state index in [2.05, 4.69) is 5.43 Å². The highest BCUT2D eigenvalue weighted by Gasteiger charge is 2.27. The van der Waals surface area contributed by atoms with Crippen LogP contribution >= 0.6 is 0 Å².